The molecule has 4 rings (SSSR count). The molecule has 0 aliphatic carbocycles. The highest BCUT2D eigenvalue weighted by atomic mass is 32.1. The molecule has 2 atom stereocenters. The maximum absolute atomic E-state index is 12.6. The summed E-state index contributed by atoms with van der Waals surface area (Å²) in [6.45, 7) is 3.77. The average molecular weight is 337 g/mol. The molecule has 1 aromatic heterocycles. The zero-order valence-corrected chi connectivity index (χ0v) is 14.5. The van der Waals surface area contributed by atoms with Gasteiger partial charge in [0, 0.05) is 27.9 Å². The van der Waals surface area contributed by atoms with Gasteiger partial charge in [-0.15, -0.1) is 11.3 Å². The molecule has 1 unspecified atom stereocenters. The van der Waals surface area contributed by atoms with E-state index in [4.69, 9.17) is 0 Å². The summed E-state index contributed by atoms with van der Waals surface area (Å²) in [6, 6.07) is 16.8. The molecule has 1 amide bonds. The molecule has 3 aromatic rings. The number of amides is 1. The van der Waals surface area contributed by atoms with Gasteiger partial charge in [-0.05, 0) is 29.8 Å². The Morgan fingerprint density at radius 3 is 2.96 bits per heavy atom. The van der Waals surface area contributed by atoms with Crippen LogP contribution in [0.4, 0.5) is 5.69 Å². The normalized spacial score (nSPS) is 19.9. The van der Waals surface area contributed by atoms with Crippen molar-refractivity contribution in [3.8, 4) is 0 Å². The van der Waals surface area contributed by atoms with E-state index in [1.165, 1.54) is 15.3 Å². The summed E-state index contributed by atoms with van der Waals surface area (Å²) < 4.78 is 0. The van der Waals surface area contributed by atoms with E-state index in [0.717, 1.165) is 29.4 Å². The van der Waals surface area contributed by atoms with Crippen LogP contribution in [0.15, 0.2) is 53.9 Å². The number of fused-ring (bicyclic) bond motifs is 2. The lowest BCUT2D eigenvalue weighted by Gasteiger charge is -2.29. The van der Waals surface area contributed by atoms with Crippen molar-refractivity contribution in [2.75, 3.05) is 18.4 Å². The molecule has 24 heavy (non-hydrogen) atoms. The van der Waals surface area contributed by atoms with Gasteiger partial charge in [-0.1, -0.05) is 36.4 Å². The van der Waals surface area contributed by atoms with E-state index >= 15 is 0 Å². The number of anilines is 1. The second-order valence-corrected chi connectivity index (χ2v) is 7.43. The summed E-state index contributed by atoms with van der Waals surface area (Å²) in [5.41, 5.74) is 2.32. The Morgan fingerprint density at radius 1 is 1.21 bits per heavy atom. The number of thiophene rings is 1. The van der Waals surface area contributed by atoms with Gasteiger partial charge in [0.1, 0.15) is 6.04 Å². The first-order chi connectivity index (χ1) is 11.7. The number of benzene rings is 2. The van der Waals surface area contributed by atoms with Gasteiger partial charge in [0.25, 0.3) is 5.91 Å². The third kappa shape index (κ3) is 2.83. The van der Waals surface area contributed by atoms with Crippen LogP contribution in [0.5, 0.6) is 0 Å². The molecule has 122 valence electrons. The summed E-state index contributed by atoms with van der Waals surface area (Å²) in [5, 5.41) is 7.52. The van der Waals surface area contributed by atoms with Crippen LogP contribution in [0.1, 0.15) is 23.4 Å². The van der Waals surface area contributed by atoms with Crippen molar-refractivity contribution < 1.29 is 9.69 Å². The Bertz CT molecular complexity index is 881. The quantitative estimate of drug-likeness (QED) is 0.757. The van der Waals surface area contributed by atoms with Gasteiger partial charge in [0.2, 0.25) is 0 Å². The molecule has 4 heteroatoms. The Labute approximate surface area is 145 Å². The topological polar surface area (TPSA) is 33.5 Å². The Hall–Kier alpha value is -2.17. The smallest absolute Gasteiger partial charge is 0.279 e. The molecule has 1 aliphatic heterocycles. The second kappa shape index (κ2) is 6.38. The van der Waals surface area contributed by atoms with Crippen molar-refractivity contribution in [1.29, 1.82) is 0 Å². The van der Waals surface area contributed by atoms with E-state index in [1.807, 2.05) is 35.6 Å². The van der Waals surface area contributed by atoms with Gasteiger partial charge >= 0.3 is 0 Å². The minimum Gasteiger partial charge on any atom is -0.321 e. The van der Waals surface area contributed by atoms with Gasteiger partial charge in [0.05, 0.1) is 6.54 Å². The van der Waals surface area contributed by atoms with Crippen LogP contribution in [-0.2, 0) is 11.2 Å². The molecule has 1 aliphatic rings. The predicted octanol–water partition coefficient (Wildman–Crippen LogP) is 3.04. The van der Waals surface area contributed by atoms with E-state index in [2.05, 4.69) is 41.9 Å². The monoisotopic (exact) mass is 337 g/mol. The van der Waals surface area contributed by atoms with Crippen molar-refractivity contribution in [2.45, 2.75) is 19.4 Å². The molecule has 2 aromatic carbocycles. The molecule has 0 saturated carbocycles. The SMILES string of the molecule is C[C@H]1c2ccsc2CC[NH+]1CC(=O)Nc1cccc2ccccc12. The van der Waals surface area contributed by atoms with E-state index < -0.39 is 0 Å². The van der Waals surface area contributed by atoms with Gasteiger partial charge < -0.3 is 10.2 Å². The number of carbonyl (C=O) groups is 1. The van der Waals surface area contributed by atoms with Crippen LogP contribution in [0.3, 0.4) is 0 Å². The number of rotatable bonds is 3. The third-order valence-electron chi connectivity index (χ3n) is 4.98. The molecule has 2 heterocycles. The van der Waals surface area contributed by atoms with Crippen molar-refractivity contribution in [3.63, 3.8) is 0 Å². The minimum atomic E-state index is 0.0897. The fraction of sp³-hybridized carbons (Fsp3) is 0.250. The maximum atomic E-state index is 12.6. The van der Waals surface area contributed by atoms with E-state index in [0.29, 0.717) is 12.6 Å². The average Bonchev–Trinajstić information content (AvgIpc) is 3.07. The molecular formula is C20H21N2OS+. The van der Waals surface area contributed by atoms with Gasteiger partial charge in [-0.2, -0.15) is 0 Å². The highest BCUT2D eigenvalue weighted by molar-refractivity contribution is 7.10. The Kier molecular flexibility index (Phi) is 4.08. The zero-order chi connectivity index (χ0) is 16.5. The molecule has 0 fully saturated rings. The highest BCUT2D eigenvalue weighted by Gasteiger charge is 2.29. The number of hydrogen-bond donors (Lipinski definition) is 2. The number of carbonyl (C=O) groups excluding carboxylic acids is 1. The fourth-order valence-electron chi connectivity index (χ4n) is 3.63. The highest BCUT2D eigenvalue weighted by Crippen LogP contribution is 2.25. The predicted molar refractivity (Wildman–Crippen MR) is 99.7 cm³/mol. The van der Waals surface area contributed by atoms with Crippen LogP contribution in [0.25, 0.3) is 10.8 Å². The van der Waals surface area contributed by atoms with Crippen molar-refractivity contribution >= 4 is 33.7 Å². The van der Waals surface area contributed by atoms with Gasteiger partial charge in [-0.3, -0.25) is 4.79 Å². The zero-order valence-electron chi connectivity index (χ0n) is 13.7. The van der Waals surface area contributed by atoms with Crippen molar-refractivity contribution in [2.24, 2.45) is 0 Å². The largest absolute Gasteiger partial charge is 0.321 e. The van der Waals surface area contributed by atoms with Crippen LogP contribution in [0.2, 0.25) is 0 Å². The van der Waals surface area contributed by atoms with Gasteiger partial charge in [-0.25, -0.2) is 0 Å². The first kappa shape index (κ1) is 15.4. The first-order valence-corrected chi connectivity index (χ1v) is 9.29. The lowest BCUT2D eigenvalue weighted by Crippen LogP contribution is -3.14. The van der Waals surface area contributed by atoms with E-state index in [9.17, 15) is 4.79 Å². The minimum absolute atomic E-state index is 0.0897. The van der Waals surface area contributed by atoms with Crippen LogP contribution < -0.4 is 10.2 Å². The lowest BCUT2D eigenvalue weighted by molar-refractivity contribution is -0.923. The summed E-state index contributed by atoms with van der Waals surface area (Å²) >= 11 is 1.84. The van der Waals surface area contributed by atoms with Crippen LogP contribution in [0, 0.1) is 0 Å². The number of quaternary nitrogens is 1. The van der Waals surface area contributed by atoms with E-state index in [-0.39, 0.29) is 5.91 Å². The summed E-state index contributed by atoms with van der Waals surface area (Å²) in [7, 11) is 0. The molecule has 0 radical (unpaired) electrons. The molecule has 0 bridgehead atoms. The van der Waals surface area contributed by atoms with Crippen molar-refractivity contribution in [1.82, 2.24) is 0 Å². The van der Waals surface area contributed by atoms with Crippen LogP contribution in [-0.4, -0.2) is 19.0 Å². The Balaban J connectivity index is 1.49. The fourth-order valence-corrected chi connectivity index (χ4v) is 4.61. The second-order valence-electron chi connectivity index (χ2n) is 6.43. The van der Waals surface area contributed by atoms with E-state index in [1.54, 1.807) is 0 Å². The molecule has 2 N–H and O–H groups in total. The number of nitrogens with one attached hydrogen (secondary N) is 2. The molecular weight excluding hydrogens is 316 g/mol. The Morgan fingerprint density at radius 2 is 2.04 bits per heavy atom. The summed E-state index contributed by atoms with van der Waals surface area (Å²) in [6.07, 6.45) is 1.08. The first-order valence-electron chi connectivity index (χ1n) is 8.41. The standard InChI is InChI=1S/C20H20N2OS/c1-14-16-10-12-24-19(16)9-11-22(14)13-20(23)21-18-8-4-6-15-5-2-3-7-17(15)18/h2-8,10,12,14H,9,11,13H2,1H3,(H,21,23)/p+1/t14-/m0/s1. The maximum Gasteiger partial charge on any atom is 0.279 e. The van der Waals surface area contributed by atoms with Gasteiger partial charge in [0.15, 0.2) is 6.54 Å². The third-order valence-corrected chi connectivity index (χ3v) is 5.98. The molecule has 3 nitrogen and oxygen atoms in total. The lowest BCUT2D eigenvalue weighted by atomic mass is 10.0. The summed E-state index contributed by atoms with van der Waals surface area (Å²) in [4.78, 5) is 15.4. The van der Waals surface area contributed by atoms with Crippen molar-refractivity contribution in [3.05, 3.63) is 64.4 Å². The van der Waals surface area contributed by atoms with Crippen LogP contribution >= 0.6 is 11.3 Å². The number of hydrogen-bond acceptors (Lipinski definition) is 2. The summed E-state index contributed by atoms with van der Waals surface area (Å²) in [5.74, 6) is 0.0897. The molecule has 0 saturated heterocycles. The molecule has 0 spiro atoms.